The first-order valence-electron chi connectivity index (χ1n) is 3.70. The van der Waals surface area contributed by atoms with Gasteiger partial charge in [0, 0.05) is 12.6 Å². The van der Waals surface area contributed by atoms with Crippen LogP contribution in [0.2, 0.25) is 0 Å². The largest absolute Gasteiger partial charge is 0.270 e. The molecule has 4 nitrogen and oxygen atoms in total. The number of nitrogens with one attached hydrogen (secondary N) is 1. The number of aryl methyl sites for hydroxylation is 2. The highest BCUT2D eigenvalue weighted by molar-refractivity contribution is 5.30. The van der Waals surface area contributed by atoms with Gasteiger partial charge in [-0.1, -0.05) is 6.92 Å². The van der Waals surface area contributed by atoms with Crippen LogP contribution in [0.5, 0.6) is 0 Å². The van der Waals surface area contributed by atoms with Crippen molar-refractivity contribution in [3.05, 3.63) is 17.7 Å². The van der Waals surface area contributed by atoms with E-state index in [4.69, 9.17) is 0 Å². The normalized spacial score (nSPS) is 11.1. The number of hydrogen-bond donors (Lipinski definition) is 1. The lowest BCUT2D eigenvalue weighted by atomic mass is 10.4. The summed E-state index contributed by atoms with van der Waals surface area (Å²) < 4.78 is 1.98. The Kier molecular flexibility index (Phi) is 1.21. The summed E-state index contributed by atoms with van der Waals surface area (Å²) in [4.78, 5) is 4.23. The SMILES string of the molecule is CCc1n[nH]c2nc(C)cn12. The Morgan fingerprint density at radius 1 is 1.64 bits per heavy atom. The van der Waals surface area contributed by atoms with Crippen LogP contribution in [0, 0.1) is 6.92 Å². The van der Waals surface area contributed by atoms with Crippen LogP contribution in [0.25, 0.3) is 5.78 Å². The van der Waals surface area contributed by atoms with Crippen molar-refractivity contribution in [3.8, 4) is 0 Å². The highest BCUT2D eigenvalue weighted by atomic mass is 15.3. The minimum absolute atomic E-state index is 0.833. The predicted octanol–water partition coefficient (Wildman–Crippen LogP) is 0.928. The molecule has 1 N–H and O–H groups in total. The van der Waals surface area contributed by atoms with Crippen molar-refractivity contribution in [1.82, 2.24) is 19.6 Å². The lowest BCUT2D eigenvalue weighted by Crippen LogP contribution is -1.87. The van der Waals surface area contributed by atoms with E-state index in [-0.39, 0.29) is 0 Å². The first-order valence-corrected chi connectivity index (χ1v) is 3.70. The van der Waals surface area contributed by atoms with Gasteiger partial charge in [0.05, 0.1) is 5.69 Å². The minimum atomic E-state index is 0.833. The Bertz CT molecular complexity index is 371. The van der Waals surface area contributed by atoms with E-state index in [9.17, 15) is 0 Å². The summed E-state index contributed by atoms with van der Waals surface area (Å²) in [5, 5.41) is 6.95. The fraction of sp³-hybridized carbons (Fsp3) is 0.429. The maximum atomic E-state index is 4.23. The minimum Gasteiger partial charge on any atom is -0.270 e. The van der Waals surface area contributed by atoms with E-state index in [0.717, 1.165) is 23.7 Å². The van der Waals surface area contributed by atoms with Crippen molar-refractivity contribution < 1.29 is 0 Å². The van der Waals surface area contributed by atoms with Crippen molar-refractivity contribution >= 4 is 5.78 Å². The summed E-state index contributed by atoms with van der Waals surface area (Å²) in [6.45, 7) is 4.05. The summed E-state index contributed by atoms with van der Waals surface area (Å²) in [5.74, 6) is 1.86. The Hall–Kier alpha value is -1.32. The molecule has 0 aliphatic heterocycles. The van der Waals surface area contributed by atoms with E-state index in [1.807, 2.05) is 17.5 Å². The summed E-state index contributed by atoms with van der Waals surface area (Å²) in [6.07, 6.45) is 2.91. The monoisotopic (exact) mass is 150 g/mol. The molecule has 0 aliphatic carbocycles. The molecule has 0 saturated carbocycles. The Morgan fingerprint density at radius 2 is 2.45 bits per heavy atom. The third-order valence-corrected chi connectivity index (χ3v) is 1.71. The summed E-state index contributed by atoms with van der Waals surface area (Å²) >= 11 is 0. The first kappa shape index (κ1) is 6.39. The quantitative estimate of drug-likeness (QED) is 0.657. The lowest BCUT2D eigenvalue weighted by molar-refractivity contribution is 0.908. The second kappa shape index (κ2) is 2.08. The molecule has 0 aliphatic rings. The number of fused-ring (bicyclic) bond motifs is 1. The van der Waals surface area contributed by atoms with Crippen LogP contribution in [0.3, 0.4) is 0 Å². The molecule has 0 saturated heterocycles. The highest BCUT2D eigenvalue weighted by Gasteiger charge is 2.03. The summed E-state index contributed by atoms with van der Waals surface area (Å²) in [6, 6.07) is 0. The van der Waals surface area contributed by atoms with Gasteiger partial charge >= 0.3 is 0 Å². The Balaban J connectivity index is 2.73. The molecule has 0 spiro atoms. The number of nitrogens with zero attached hydrogens (tertiary/aromatic N) is 3. The fourth-order valence-corrected chi connectivity index (χ4v) is 1.19. The number of aromatic amines is 1. The van der Waals surface area contributed by atoms with E-state index in [0.29, 0.717) is 0 Å². The fourth-order valence-electron chi connectivity index (χ4n) is 1.19. The van der Waals surface area contributed by atoms with Gasteiger partial charge in [0.15, 0.2) is 0 Å². The number of aromatic nitrogens is 4. The van der Waals surface area contributed by atoms with Crippen molar-refractivity contribution in [1.29, 1.82) is 0 Å². The predicted molar refractivity (Wildman–Crippen MR) is 41.5 cm³/mol. The number of rotatable bonds is 1. The van der Waals surface area contributed by atoms with E-state index < -0.39 is 0 Å². The average molecular weight is 150 g/mol. The second-order valence-electron chi connectivity index (χ2n) is 2.57. The van der Waals surface area contributed by atoms with Crippen LogP contribution >= 0.6 is 0 Å². The molecule has 11 heavy (non-hydrogen) atoms. The maximum Gasteiger partial charge on any atom is 0.229 e. The lowest BCUT2D eigenvalue weighted by Gasteiger charge is -1.86. The molecule has 0 fully saturated rings. The number of imidazole rings is 1. The van der Waals surface area contributed by atoms with Crippen LogP contribution in [0.15, 0.2) is 6.20 Å². The zero-order valence-corrected chi connectivity index (χ0v) is 6.63. The van der Waals surface area contributed by atoms with E-state index in [1.54, 1.807) is 0 Å². The van der Waals surface area contributed by atoms with E-state index >= 15 is 0 Å². The number of hydrogen-bond acceptors (Lipinski definition) is 2. The summed E-state index contributed by atoms with van der Waals surface area (Å²) in [5.41, 5.74) is 1.02. The van der Waals surface area contributed by atoms with Gasteiger partial charge in [-0.2, -0.15) is 5.10 Å². The van der Waals surface area contributed by atoms with Crippen molar-refractivity contribution in [2.24, 2.45) is 0 Å². The van der Waals surface area contributed by atoms with Gasteiger partial charge in [0.1, 0.15) is 5.82 Å². The van der Waals surface area contributed by atoms with E-state index in [2.05, 4.69) is 22.1 Å². The van der Waals surface area contributed by atoms with Gasteiger partial charge in [-0.25, -0.2) is 10.1 Å². The van der Waals surface area contributed by atoms with Crippen LogP contribution in [-0.2, 0) is 6.42 Å². The van der Waals surface area contributed by atoms with Crippen LogP contribution in [0.4, 0.5) is 0 Å². The topological polar surface area (TPSA) is 46.0 Å². The molecular weight excluding hydrogens is 140 g/mol. The average Bonchev–Trinajstić information content (AvgIpc) is 2.45. The van der Waals surface area contributed by atoms with Crippen LogP contribution in [-0.4, -0.2) is 19.6 Å². The van der Waals surface area contributed by atoms with Gasteiger partial charge in [-0.15, -0.1) is 0 Å². The molecular formula is C7H10N4. The molecule has 0 aromatic carbocycles. The Labute approximate surface area is 64.3 Å². The molecule has 2 heterocycles. The molecule has 0 radical (unpaired) electrons. The molecule has 2 aromatic rings. The second-order valence-corrected chi connectivity index (χ2v) is 2.57. The molecule has 58 valence electrons. The van der Waals surface area contributed by atoms with Gasteiger partial charge in [-0.3, -0.25) is 4.40 Å². The highest BCUT2D eigenvalue weighted by Crippen LogP contribution is 2.03. The third-order valence-electron chi connectivity index (χ3n) is 1.71. The molecule has 4 heteroatoms. The van der Waals surface area contributed by atoms with Gasteiger partial charge < -0.3 is 0 Å². The molecule has 0 atom stereocenters. The van der Waals surface area contributed by atoms with Crippen LogP contribution in [0.1, 0.15) is 18.4 Å². The van der Waals surface area contributed by atoms with Gasteiger partial charge in [0.25, 0.3) is 0 Å². The van der Waals surface area contributed by atoms with Crippen molar-refractivity contribution in [2.45, 2.75) is 20.3 Å². The third kappa shape index (κ3) is 0.824. The molecule has 2 rings (SSSR count). The first-order chi connectivity index (χ1) is 5.31. The standard InChI is InChI=1S/C7H10N4/c1-3-6-9-10-7-8-5(2)4-11(6)7/h4H,3H2,1-2H3,(H,8,10). The maximum absolute atomic E-state index is 4.23. The molecule has 0 bridgehead atoms. The molecule has 2 aromatic heterocycles. The molecule has 0 unspecified atom stereocenters. The summed E-state index contributed by atoms with van der Waals surface area (Å²) in [7, 11) is 0. The zero-order chi connectivity index (χ0) is 7.84. The molecule has 0 amide bonds. The number of H-pyrrole nitrogens is 1. The van der Waals surface area contributed by atoms with Gasteiger partial charge in [-0.05, 0) is 6.92 Å². The Morgan fingerprint density at radius 3 is 3.18 bits per heavy atom. The zero-order valence-electron chi connectivity index (χ0n) is 6.63. The van der Waals surface area contributed by atoms with Crippen LogP contribution < -0.4 is 0 Å². The van der Waals surface area contributed by atoms with Crippen molar-refractivity contribution in [3.63, 3.8) is 0 Å². The van der Waals surface area contributed by atoms with Gasteiger partial charge in [0.2, 0.25) is 5.78 Å². The van der Waals surface area contributed by atoms with E-state index in [1.165, 1.54) is 0 Å². The van der Waals surface area contributed by atoms with Crippen molar-refractivity contribution in [2.75, 3.05) is 0 Å². The smallest absolute Gasteiger partial charge is 0.229 e.